The Morgan fingerprint density at radius 3 is 2.50 bits per heavy atom. The van der Waals surface area contributed by atoms with Gasteiger partial charge in [-0.3, -0.25) is 19.1 Å². The van der Waals surface area contributed by atoms with Crippen LogP contribution < -0.4 is 5.32 Å². The van der Waals surface area contributed by atoms with Crippen molar-refractivity contribution in [2.45, 2.75) is 24.9 Å². The van der Waals surface area contributed by atoms with Crippen molar-refractivity contribution < 1.29 is 14.4 Å². The Kier molecular flexibility index (Phi) is 6.08. The molecule has 8 nitrogen and oxygen atoms in total. The fourth-order valence-electron chi connectivity index (χ4n) is 3.86. The minimum Gasteiger partial charge on any atom is -0.349 e. The van der Waals surface area contributed by atoms with E-state index in [9.17, 15) is 14.4 Å². The lowest BCUT2D eigenvalue weighted by atomic mass is 10.0. The average Bonchev–Trinajstić information content (AvgIpc) is 3.43. The van der Waals surface area contributed by atoms with Crippen LogP contribution in [0.15, 0.2) is 42.7 Å². The first-order chi connectivity index (χ1) is 14.5. The van der Waals surface area contributed by atoms with Crippen molar-refractivity contribution >= 4 is 29.5 Å². The number of benzene rings is 1. The highest BCUT2D eigenvalue weighted by Gasteiger charge is 2.38. The van der Waals surface area contributed by atoms with Gasteiger partial charge in [0.15, 0.2) is 0 Å². The van der Waals surface area contributed by atoms with E-state index in [1.54, 1.807) is 52.9 Å². The van der Waals surface area contributed by atoms with Gasteiger partial charge in [0.1, 0.15) is 6.04 Å². The molecule has 2 aromatic rings. The highest BCUT2D eigenvalue weighted by Crippen LogP contribution is 2.26. The van der Waals surface area contributed by atoms with Crippen LogP contribution in [0.1, 0.15) is 33.6 Å². The third-order valence-corrected chi connectivity index (χ3v) is 6.57. The summed E-state index contributed by atoms with van der Waals surface area (Å²) in [5, 5.41) is 7.05. The normalized spacial score (nSPS) is 19.7. The van der Waals surface area contributed by atoms with Gasteiger partial charge >= 0.3 is 0 Å². The predicted octanol–water partition coefficient (Wildman–Crippen LogP) is 1.36. The van der Waals surface area contributed by atoms with E-state index >= 15 is 0 Å². The maximum atomic E-state index is 13.1. The highest BCUT2D eigenvalue weighted by molar-refractivity contribution is 7.99. The molecule has 30 heavy (non-hydrogen) atoms. The van der Waals surface area contributed by atoms with Crippen LogP contribution in [-0.2, 0) is 11.8 Å². The second kappa shape index (κ2) is 8.91. The van der Waals surface area contributed by atoms with Crippen molar-refractivity contribution in [2.75, 3.05) is 24.7 Å². The minimum absolute atomic E-state index is 0.00122. The van der Waals surface area contributed by atoms with Crippen molar-refractivity contribution in [3.63, 3.8) is 0 Å². The molecule has 2 saturated heterocycles. The monoisotopic (exact) mass is 427 g/mol. The van der Waals surface area contributed by atoms with Gasteiger partial charge < -0.3 is 15.1 Å². The predicted molar refractivity (Wildman–Crippen MR) is 114 cm³/mol. The van der Waals surface area contributed by atoms with Crippen LogP contribution in [0, 0.1) is 0 Å². The molecular formula is C21H25N5O3S. The van der Waals surface area contributed by atoms with E-state index in [0.717, 1.165) is 0 Å². The van der Waals surface area contributed by atoms with Gasteiger partial charge in [-0.05, 0) is 25.0 Å². The first-order valence-electron chi connectivity index (χ1n) is 10.0. The lowest BCUT2D eigenvalue weighted by Gasteiger charge is -2.35. The first-order valence-corrected chi connectivity index (χ1v) is 11.2. The summed E-state index contributed by atoms with van der Waals surface area (Å²) >= 11 is 1.61. The molecule has 1 N–H and O–H groups in total. The molecule has 1 aromatic carbocycles. The Bertz CT molecular complexity index is 924. The van der Waals surface area contributed by atoms with Crippen LogP contribution in [-0.4, -0.2) is 74.1 Å². The van der Waals surface area contributed by atoms with Crippen LogP contribution >= 0.6 is 11.8 Å². The molecule has 0 radical (unpaired) electrons. The number of carbonyl (C=O) groups excluding carboxylic acids is 3. The molecule has 1 aromatic heterocycles. The summed E-state index contributed by atoms with van der Waals surface area (Å²) in [6, 6.07) is 8.70. The minimum atomic E-state index is -0.427. The van der Waals surface area contributed by atoms with Crippen LogP contribution in [0.5, 0.6) is 0 Å². The molecule has 0 unspecified atom stereocenters. The molecule has 4 rings (SSSR count). The number of aryl methyl sites for hydroxylation is 1. The number of hydrogen-bond acceptors (Lipinski definition) is 5. The molecule has 3 heterocycles. The number of carbonyl (C=O) groups is 3. The van der Waals surface area contributed by atoms with Gasteiger partial charge in [-0.2, -0.15) is 5.10 Å². The Hall–Kier alpha value is -2.81. The third kappa shape index (κ3) is 4.35. The SMILES string of the molecule is Cn1cc(C(=O)NC2CCN(C(=O)[C@@H]3CSCN3C(=O)c3ccccc3)CC2)cn1. The molecule has 0 bridgehead atoms. The van der Waals surface area contributed by atoms with Gasteiger partial charge in [-0.1, -0.05) is 18.2 Å². The Morgan fingerprint density at radius 2 is 1.83 bits per heavy atom. The lowest BCUT2D eigenvalue weighted by Crippen LogP contribution is -2.53. The van der Waals surface area contributed by atoms with Gasteiger partial charge in [-0.15, -0.1) is 11.8 Å². The molecule has 2 aliphatic rings. The zero-order valence-corrected chi connectivity index (χ0v) is 17.7. The number of amides is 3. The zero-order chi connectivity index (χ0) is 21.1. The summed E-state index contributed by atoms with van der Waals surface area (Å²) in [6.45, 7) is 1.15. The van der Waals surface area contributed by atoms with Crippen LogP contribution in [0.4, 0.5) is 0 Å². The molecule has 2 fully saturated rings. The standard InChI is InChI=1S/C21H25N5O3S/c1-24-12-16(11-22-24)19(27)23-17-7-9-25(10-8-17)21(29)18-13-30-14-26(18)20(28)15-5-3-2-4-6-15/h2-6,11-12,17-18H,7-10,13-14H2,1H3,(H,23,27)/t18-/m0/s1. The molecule has 3 amide bonds. The van der Waals surface area contributed by atoms with Crippen LogP contribution in [0.25, 0.3) is 0 Å². The maximum absolute atomic E-state index is 13.1. The van der Waals surface area contributed by atoms with Gasteiger partial charge in [0.25, 0.3) is 11.8 Å². The summed E-state index contributed by atoms with van der Waals surface area (Å²) in [5.41, 5.74) is 1.14. The second-order valence-corrected chi connectivity index (χ2v) is 8.63. The fourth-order valence-corrected chi connectivity index (χ4v) is 5.00. The van der Waals surface area contributed by atoms with E-state index in [-0.39, 0.29) is 23.8 Å². The summed E-state index contributed by atoms with van der Waals surface area (Å²) in [4.78, 5) is 41.8. The van der Waals surface area contributed by atoms with E-state index in [1.165, 1.54) is 0 Å². The molecular weight excluding hydrogens is 402 g/mol. The summed E-state index contributed by atoms with van der Waals surface area (Å²) in [7, 11) is 1.77. The molecule has 0 spiro atoms. The molecule has 2 aliphatic heterocycles. The highest BCUT2D eigenvalue weighted by atomic mass is 32.2. The number of likely N-dealkylation sites (tertiary alicyclic amines) is 1. The Labute approximate surface area is 179 Å². The van der Waals surface area contributed by atoms with E-state index < -0.39 is 6.04 Å². The summed E-state index contributed by atoms with van der Waals surface area (Å²) in [6.07, 6.45) is 4.63. The zero-order valence-electron chi connectivity index (χ0n) is 16.9. The number of piperidine rings is 1. The number of hydrogen-bond donors (Lipinski definition) is 1. The van der Waals surface area contributed by atoms with Gasteiger partial charge in [0, 0.05) is 43.7 Å². The molecule has 1 atom stereocenters. The van der Waals surface area contributed by atoms with Crippen molar-refractivity contribution in [1.82, 2.24) is 24.9 Å². The largest absolute Gasteiger partial charge is 0.349 e. The van der Waals surface area contributed by atoms with Crippen LogP contribution in [0.3, 0.4) is 0 Å². The van der Waals surface area contributed by atoms with Crippen molar-refractivity contribution in [2.24, 2.45) is 7.05 Å². The summed E-state index contributed by atoms with van der Waals surface area (Å²) in [5.74, 6) is 0.912. The number of aromatic nitrogens is 2. The number of nitrogens with one attached hydrogen (secondary N) is 1. The van der Waals surface area contributed by atoms with Gasteiger partial charge in [0.2, 0.25) is 5.91 Å². The van der Waals surface area contributed by atoms with E-state index in [2.05, 4.69) is 10.4 Å². The summed E-state index contributed by atoms with van der Waals surface area (Å²) < 4.78 is 1.60. The van der Waals surface area contributed by atoms with Gasteiger partial charge in [-0.25, -0.2) is 0 Å². The van der Waals surface area contributed by atoms with E-state index in [0.29, 0.717) is 48.7 Å². The molecule has 0 saturated carbocycles. The number of nitrogens with zero attached hydrogens (tertiary/aromatic N) is 4. The molecule has 9 heteroatoms. The van der Waals surface area contributed by atoms with Gasteiger partial charge in [0.05, 0.1) is 17.6 Å². The lowest BCUT2D eigenvalue weighted by molar-refractivity contribution is -0.136. The third-order valence-electron chi connectivity index (χ3n) is 5.56. The first kappa shape index (κ1) is 20.5. The van der Waals surface area contributed by atoms with E-state index in [4.69, 9.17) is 0 Å². The Morgan fingerprint density at radius 1 is 1.10 bits per heavy atom. The fraction of sp³-hybridized carbons (Fsp3) is 0.429. The Balaban J connectivity index is 1.32. The molecule has 158 valence electrons. The second-order valence-electron chi connectivity index (χ2n) is 7.63. The van der Waals surface area contributed by atoms with Crippen LogP contribution in [0.2, 0.25) is 0 Å². The van der Waals surface area contributed by atoms with Crippen molar-refractivity contribution in [3.05, 3.63) is 53.9 Å². The maximum Gasteiger partial charge on any atom is 0.255 e. The van der Waals surface area contributed by atoms with E-state index in [1.807, 2.05) is 23.1 Å². The van der Waals surface area contributed by atoms with Crippen molar-refractivity contribution in [1.29, 1.82) is 0 Å². The average molecular weight is 428 g/mol. The smallest absolute Gasteiger partial charge is 0.255 e. The number of thioether (sulfide) groups is 1. The van der Waals surface area contributed by atoms with Crippen molar-refractivity contribution in [3.8, 4) is 0 Å². The quantitative estimate of drug-likeness (QED) is 0.796. The number of rotatable bonds is 4. The molecule has 0 aliphatic carbocycles. The topological polar surface area (TPSA) is 87.5 Å².